The summed E-state index contributed by atoms with van der Waals surface area (Å²) in [4.78, 5) is 29.1. The van der Waals surface area contributed by atoms with Gasteiger partial charge in [-0.15, -0.1) is 10.2 Å². The molecule has 3 heterocycles. The van der Waals surface area contributed by atoms with Crippen LogP contribution >= 0.6 is 23.1 Å². The van der Waals surface area contributed by atoms with Crippen molar-refractivity contribution in [2.75, 3.05) is 12.4 Å². The van der Waals surface area contributed by atoms with Gasteiger partial charge in [0.05, 0.1) is 12.8 Å². The Morgan fingerprint density at radius 1 is 1.20 bits per heavy atom. The van der Waals surface area contributed by atoms with Gasteiger partial charge >= 0.3 is 0 Å². The van der Waals surface area contributed by atoms with E-state index in [0.29, 0.717) is 37.9 Å². The van der Waals surface area contributed by atoms with Gasteiger partial charge in [0, 0.05) is 23.6 Å². The van der Waals surface area contributed by atoms with E-state index in [1.807, 2.05) is 19.1 Å². The molecule has 1 N–H and O–H groups in total. The number of anilines is 1. The zero-order valence-electron chi connectivity index (χ0n) is 16.2. The van der Waals surface area contributed by atoms with E-state index in [1.165, 1.54) is 33.6 Å². The molecular formula is C20H17N5O3S2. The average molecular weight is 440 g/mol. The van der Waals surface area contributed by atoms with Gasteiger partial charge in [-0.3, -0.25) is 19.3 Å². The number of carbonyl (C=O) groups excluding carboxylic acids is 1. The maximum atomic E-state index is 12.3. The van der Waals surface area contributed by atoms with Crippen molar-refractivity contribution in [2.45, 2.75) is 17.0 Å². The molecule has 0 aliphatic rings. The van der Waals surface area contributed by atoms with E-state index in [9.17, 15) is 9.59 Å². The minimum Gasteiger partial charge on any atom is -0.497 e. The number of carbonyl (C=O) groups is 1. The number of thioether (sulfide) groups is 1. The number of nitrogens with zero attached hydrogens (tertiary/aromatic N) is 4. The lowest BCUT2D eigenvalue weighted by molar-refractivity contribution is 0.102. The summed E-state index contributed by atoms with van der Waals surface area (Å²) < 4.78 is 7.29. The highest BCUT2D eigenvalue weighted by Crippen LogP contribution is 2.28. The molecule has 1 aromatic carbocycles. The smallest absolute Gasteiger partial charge is 0.258 e. The first-order valence-electron chi connectivity index (χ1n) is 8.92. The van der Waals surface area contributed by atoms with Gasteiger partial charge in [-0.05, 0) is 42.8 Å². The molecule has 0 fully saturated rings. The Morgan fingerprint density at radius 3 is 2.77 bits per heavy atom. The summed E-state index contributed by atoms with van der Waals surface area (Å²) >= 11 is 2.67. The molecule has 3 aromatic heterocycles. The summed E-state index contributed by atoms with van der Waals surface area (Å²) in [7, 11) is 1.57. The summed E-state index contributed by atoms with van der Waals surface area (Å²) in [6.45, 7) is 1.93. The number of benzene rings is 1. The highest BCUT2D eigenvalue weighted by atomic mass is 32.2. The van der Waals surface area contributed by atoms with Gasteiger partial charge in [-0.1, -0.05) is 29.2 Å². The number of ether oxygens (including phenoxy) is 1. The summed E-state index contributed by atoms with van der Waals surface area (Å²) in [6.07, 6.45) is 1.77. The highest BCUT2D eigenvalue weighted by Gasteiger charge is 2.12. The number of fused-ring (bicyclic) bond motifs is 1. The van der Waals surface area contributed by atoms with Crippen molar-refractivity contribution in [1.82, 2.24) is 19.6 Å². The molecule has 0 atom stereocenters. The van der Waals surface area contributed by atoms with Gasteiger partial charge in [0.15, 0.2) is 4.34 Å². The number of pyridine rings is 1. The second-order valence-corrected chi connectivity index (χ2v) is 8.56. The molecule has 0 unspecified atom stereocenters. The molecule has 0 radical (unpaired) electrons. The van der Waals surface area contributed by atoms with Crippen LogP contribution in [-0.2, 0) is 5.75 Å². The molecule has 30 heavy (non-hydrogen) atoms. The zero-order chi connectivity index (χ0) is 21.1. The van der Waals surface area contributed by atoms with Crippen molar-refractivity contribution >= 4 is 39.8 Å². The Hall–Kier alpha value is -3.24. The van der Waals surface area contributed by atoms with E-state index in [0.717, 1.165) is 5.56 Å². The van der Waals surface area contributed by atoms with Crippen LogP contribution in [0, 0.1) is 6.92 Å². The van der Waals surface area contributed by atoms with Crippen molar-refractivity contribution < 1.29 is 9.53 Å². The van der Waals surface area contributed by atoms with Crippen LogP contribution in [0.1, 0.15) is 21.6 Å². The highest BCUT2D eigenvalue weighted by molar-refractivity contribution is 8.00. The number of hydrogen-bond acceptors (Lipinski definition) is 8. The first-order chi connectivity index (χ1) is 14.5. The van der Waals surface area contributed by atoms with Crippen molar-refractivity contribution in [3.63, 3.8) is 0 Å². The minimum atomic E-state index is -0.273. The van der Waals surface area contributed by atoms with Crippen LogP contribution in [0.5, 0.6) is 5.75 Å². The third-order valence-electron chi connectivity index (χ3n) is 4.18. The number of nitrogens with one attached hydrogen (secondary N) is 1. The second kappa shape index (κ2) is 8.64. The Bertz CT molecular complexity index is 1270. The van der Waals surface area contributed by atoms with E-state index in [-0.39, 0.29) is 11.5 Å². The topological polar surface area (TPSA) is 98.5 Å². The van der Waals surface area contributed by atoms with E-state index >= 15 is 0 Å². The van der Waals surface area contributed by atoms with Crippen LogP contribution in [0.15, 0.2) is 57.8 Å². The van der Waals surface area contributed by atoms with Gasteiger partial charge in [-0.2, -0.15) is 0 Å². The van der Waals surface area contributed by atoms with E-state index < -0.39 is 0 Å². The van der Waals surface area contributed by atoms with Crippen LogP contribution in [0.25, 0.3) is 5.65 Å². The SMILES string of the molecule is COc1ccc(C(=O)Nc2nnc(SCc3cc(=O)n4cc(C)ccc4n3)s2)cc1. The van der Waals surface area contributed by atoms with Crippen molar-refractivity contribution in [2.24, 2.45) is 0 Å². The molecule has 0 spiro atoms. The third kappa shape index (κ3) is 4.50. The second-order valence-electron chi connectivity index (χ2n) is 6.36. The Kier molecular flexibility index (Phi) is 5.77. The normalized spacial score (nSPS) is 10.9. The predicted molar refractivity (Wildman–Crippen MR) is 117 cm³/mol. The summed E-state index contributed by atoms with van der Waals surface area (Å²) in [5.41, 5.74) is 2.63. The minimum absolute atomic E-state index is 0.121. The van der Waals surface area contributed by atoms with Gasteiger partial charge < -0.3 is 4.74 Å². The Morgan fingerprint density at radius 2 is 2.00 bits per heavy atom. The monoisotopic (exact) mass is 439 g/mol. The Balaban J connectivity index is 1.41. The molecule has 8 nitrogen and oxygen atoms in total. The van der Waals surface area contributed by atoms with Crippen molar-refractivity contribution in [1.29, 1.82) is 0 Å². The van der Waals surface area contributed by atoms with Crippen LogP contribution in [-0.4, -0.2) is 32.6 Å². The molecule has 0 saturated heterocycles. The standard InChI is InChI=1S/C20H17N5O3S2/c1-12-3-8-16-21-14(9-17(26)25(16)10-12)11-29-20-24-23-19(30-20)22-18(27)13-4-6-15(28-2)7-5-13/h3-10H,11H2,1-2H3,(H,22,23,27). The number of aromatic nitrogens is 4. The molecule has 1 amide bonds. The number of amides is 1. The van der Waals surface area contributed by atoms with Gasteiger partial charge in [-0.25, -0.2) is 4.98 Å². The lowest BCUT2D eigenvalue weighted by Crippen LogP contribution is -2.15. The summed E-state index contributed by atoms with van der Waals surface area (Å²) in [5.74, 6) is 0.879. The summed E-state index contributed by atoms with van der Waals surface area (Å²) in [6, 6.07) is 12.1. The van der Waals surface area contributed by atoms with E-state index in [2.05, 4.69) is 20.5 Å². The molecule has 4 rings (SSSR count). The molecule has 0 bridgehead atoms. The summed E-state index contributed by atoms with van der Waals surface area (Å²) in [5, 5.41) is 11.2. The fraction of sp³-hybridized carbons (Fsp3) is 0.150. The van der Waals surface area contributed by atoms with E-state index in [4.69, 9.17) is 4.74 Å². The van der Waals surface area contributed by atoms with Gasteiger partial charge in [0.25, 0.3) is 11.5 Å². The van der Waals surface area contributed by atoms with Crippen LogP contribution in [0.4, 0.5) is 5.13 Å². The first-order valence-corrected chi connectivity index (χ1v) is 10.7. The quantitative estimate of drug-likeness (QED) is 0.363. The van der Waals surface area contributed by atoms with E-state index in [1.54, 1.807) is 37.6 Å². The Labute approximate surface area is 180 Å². The number of hydrogen-bond donors (Lipinski definition) is 1. The van der Waals surface area contributed by atoms with Gasteiger partial charge in [0.1, 0.15) is 11.4 Å². The molecule has 4 aromatic rings. The first kappa shape index (κ1) is 20.0. The predicted octanol–water partition coefficient (Wildman–Crippen LogP) is 3.41. The number of rotatable bonds is 6. The fourth-order valence-corrected chi connectivity index (χ4v) is 4.34. The number of methoxy groups -OCH3 is 1. The molecule has 152 valence electrons. The number of aryl methyl sites for hydroxylation is 1. The fourth-order valence-electron chi connectivity index (χ4n) is 2.70. The molecular weight excluding hydrogens is 422 g/mol. The van der Waals surface area contributed by atoms with Crippen molar-refractivity contribution in [3.05, 3.63) is 75.8 Å². The van der Waals surface area contributed by atoms with Crippen LogP contribution < -0.4 is 15.6 Å². The largest absolute Gasteiger partial charge is 0.497 e. The molecule has 0 aliphatic heterocycles. The molecule has 0 saturated carbocycles. The van der Waals surface area contributed by atoms with Crippen LogP contribution in [0.3, 0.4) is 0 Å². The lowest BCUT2D eigenvalue weighted by Gasteiger charge is -2.04. The molecule has 10 heteroatoms. The molecule has 0 aliphatic carbocycles. The maximum absolute atomic E-state index is 12.3. The van der Waals surface area contributed by atoms with Crippen molar-refractivity contribution in [3.8, 4) is 5.75 Å². The maximum Gasteiger partial charge on any atom is 0.258 e. The third-order valence-corrected chi connectivity index (χ3v) is 6.19. The zero-order valence-corrected chi connectivity index (χ0v) is 17.8. The lowest BCUT2D eigenvalue weighted by atomic mass is 10.2. The van der Waals surface area contributed by atoms with Gasteiger partial charge in [0.2, 0.25) is 5.13 Å². The average Bonchev–Trinajstić information content (AvgIpc) is 3.20. The van der Waals surface area contributed by atoms with Crippen LogP contribution in [0.2, 0.25) is 0 Å².